The molecular formula is C24H32N6O3. The van der Waals surface area contributed by atoms with E-state index in [-0.39, 0.29) is 35.6 Å². The third kappa shape index (κ3) is 5.15. The van der Waals surface area contributed by atoms with Gasteiger partial charge < -0.3 is 20.6 Å². The van der Waals surface area contributed by atoms with Crippen molar-refractivity contribution in [2.45, 2.75) is 44.9 Å². The van der Waals surface area contributed by atoms with Crippen LogP contribution < -0.4 is 10.6 Å². The first kappa shape index (κ1) is 23.1. The summed E-state index contributed by atoms with van der Waals surface area (Å²) in [5.74, 6) is 0.228. The molecule has 1 atom stereocenters. The van der Waals surface area contributed by atoms with Crippen LogP contribution in [-0.4, -0.2) is 81.6 Å². The molecule has 1 saturated heterocycles. The summed E-state index contributed by atoms with van der Waals surface area (Å²) in [5.41, 5.74) is 2.68. The number of benzene rings is 1. The minimum atomic E-state index is -0.703. The van der Waals surface area contributed by atoms with Crippen LogP contribution in [0, 0.1) is 0 Å². The smallest absolute Gasteiger partial charge is 0.270 e. The average molecular weight is 453 g/mol. The Morgan fingerprint density at radius 3 is 2.76 bits per heavy atom. The monoisotopic (exact) mass is 452 g/mol. The molecule has 1 aromatic heterocycles. The molecule has 3 heterocycles. The van der Waals surface area contributed by atoms with Gasteiger partial charge >= 0.3 is 0 Å². The van der Waals surface area contributed by atoms with Crippen LogP contribution in [0.3, 0.4) is 0 Å². The summed E-state index contributed by atoms with van der Waals surface area (Å²) in [6.07, 6.45) is 1.58. The van der Waals surface area contributed by atoms with E-state index >= 15 is 0 Å². The van der Waals surface area contributed by atoms with Crippen LogP contribution in [0.15, 0.2) is 36.7 Å². The van der Waals surface area contributed by atoms with Crippen LogP contribution in [0.1, 0.15) is 42.4 Å². The van der Waals surface area contributed by atoms with Gasteiger partial charge in [0.15, 0.2) is 0 Å². The zero-order valence-corrected chi connectivity index (χ0v) is 19.4. The molecule has 9 heteroatoms. The van der Waals surface area contributed by atoms with Gasteiger partial charge in [0.2, 0.25) is 5.91 Å². The lowest BCUT2D eigenvalue weighted by atomic mass is 9.83. The summed E-state index contributed by atoms with van der Waals surface area (Å²) in [5, 5.41) is 16.6. The van der Waals surface area contributed by atoms with Crippen LogP contribution in [0.5, 0.6) is 0 Å². The molecule has 0 radical (unpaired) electrons. The number of rotatable bonds is 7. The highest BCUT2D eigenvalue weighted by Crippen LogP contribution is 2.34. The summed E-state index contributed by atoms with van der Waals surface area (Å²) in [7, 11) is 0. The molecule has 1 fully saturated rings. The Morgan fingerprint density at radius 2 is 2.00 bits per heavy atom. The predicted octanol–water partition coefficient (Wildman–Crippen LogP) is 1.00. The molecule has 1 unspecified atom stereocenters. The van der Waals surface area contributed by atoms with Crippen molar-refractivity contribution in [3.8, 4) is 0 Å². The summed E-state index contributed by atoms with van der Waals surface area (Å²) >= 11 is 0. The molecule has 3 N–H and O–H groups in total. The van der Waals surface area contributed by atoms with Gasteiger partial charge in [-0.05, 0) is 31.4 Å². The van der Waals surface area contributed by atoms with Gasteiger partial charge in [0.05, 0.1) is 12.1 Å². The highest BCUT2D eigenvalue weighted by atomic mass is 16.3. The van der Waals surface area contributed by atoms with Gasteiger partial charge in [-0.1, -0.05) is 24.3 Å². The number of aliphatic hydroxyl groups is 1. The van der Waals surface area contributed by atoms with E-state index in [0.29, 0.717) is 25.5 Å². The molecule has 0 spiro atoms. The minimum Gasteiger partial charge on any atom is -0.390 e. The van der Waals surface area contributed by atoms with Crippen molar-refractivity contribution < 1.29 is 14.7 Å². The van der Waals surface area contributed by atoms with Gasteiger partial charge in [0.1, 0.15) is 17.8 Å². The Bertz CT molecular complexity index is 1020. The summed E-state index contributed by atoms with van der Waals surface area (Å²) < 4.78 is 0. The minimum absolute atomic E-state index is 0.0477. The lowest BCUT2D eigenvalue weighted by Crippen LogP contribution is -2.56. The second-order valence-corrected chi connectivity index (χ2v) is 9.33. The molecule has 1 aromatic carbocycles. The quantitative estimate of drug-likeness (QED) is 0.575. The molecule has 4 rings (SSSR count). The number of anilines is 1. The lowest BCUT2D eigenvalue weighted by Gasteiger charge is -2.44. The molecule has 2 amide bonds. The largest absolute Gasteiger partial charge is 0.390 e. The van der Waals surface area contributed by atoms with E-state index in [4.69, 9.17) is 0 Å². The van der Waals surface area contributed by atoms with Crippen molar-refractivity contribution >= 4 is 17.6 Å². The van der Waals surface area contributed by atoms with Gasteiger partial charge in [0.25, 0.3) is 5.91 Å². The molecule has 176 valence electrons. The van der Waals surface area contributed by atoms with Crippen molar-refractivity contribution in [3.05, 3.63) is 53.5 Å². The van der Waals surface area contributed by atoms with E-state index in [1.807, 2.05) is 0 Å². The second-order valence-electron chi connectivity index (χ2n) is 9.33. The Balaban J connectivity index is 1.28. The fraction of sp³-hybridized carbons (Fsp3) is 0.500. The Hall–Kier alpha value is -3.04. The fourth-order valence-corrected chi connectivity index (χ4v) is 4.58. The van der Waals surface area contributed by atoms with Gasteiger partial charge in [-0.25, -0.2) is 9.97 Å². The molecule has 2 aliphatic rings. The number of likely N-dealkylation sites (tertiary alicyclic amines) is 1. The van der Waals surface area contributed by atoms with Crippen LogP contribution in [0.25, 0.3) is 0 Å². The fourth-order valence-electron chi connectivity index (χ4n) is 4.58. The first-order chi connectivity index (χ1) is 15.7. The zero-order valence-electron chi connectivity index (χ0n) is 19.4. The van der Waals surface area contributed by atoms with Crippen LogP contribution in [-0.2, 0) is 16.8 Å². The third-order valence-electron chi connectivity index (χ3n) is 6.63. The number of amides is 2. The number of hydrogen-bond acceptors (Lipinski definition) is 7. The van der Waals surface area contributed by atoms with E-state index in [1.54, 1.807) is 17.9 Å². The van der Waals surface area contributed by atoms with Crippen molar-refractivity contribution in [1.29, 1.82) is 0 Å². The number of hydrogen-bond donors (Lipinski definition) is 3. The molecule has 33 heavy (non-hydrogen) atoms. The highest BCUT2D eigenvalue weighted by molar-refractivity contribution is 5.92. The molecule has 0 aliphatic carbocycles. The number of aliphatic hydroxyl groups excluding tert-OH is 1. The number of fused-ring (bicyclic) bond motifs is 1. The molecule has 2 aliphatic heterocycles. The van der Waals surface area contributed by atoms with Gasteiger partial charge in [-0.2, -0.15) is 0 Å². The third-order valence-corrected chi connectivity index (χ3v) is 6.63. The molecule has 0 saturated carbocycles. The van der Waals surface area contributed by atoms with E-state index < -0.39 is 6.10 Å². The topological polar surface area (TPSA) is 111 Å². The molecule has 2 aromatic rings. The molecule has 0 bridgehead atoms. The van der Waals surface area contributed by atoms with E-state index in [2.05, 4.69) is 63.6 Å². The van der Waals surface area contributed by atoms with Crippen molar-refractivity contribution in [1.82, 2.24) is 25.1 Å². The number of β-amino-alcohol motifs (C(OH)–C–C–N with tert-alkyl or cyclic N) is 1. The standard InChI is InChI=1S/C24H32N6O3/c1-16(31)29-12-18(13-29)28-22-10-21(26-15-27-22)23(33)25-11-19(32)14-30-9-8-17-6-4-5-7-20(17)24(30,2)3/h4-7,10,15,18-19,32H,8-9,11-14H2,1-3H3,(H,25,33)(H,26,27,28). The SMILES string of the molecule is CC(=O)N1CC(Nc2cc(C(=O)NCC(O)CN3CCc4ccccc4C3(C)C)ncn2)C1. The molecular weight excluding hydrogens is 420 g/mol. The first-order valence-corrected chi connectivity index (χ1v) is 11.4. The summed E-state index contributed by atoms with van der Waals surface area (Å²) in [4.78, 5) is 36.1. The van der Waals surface area contributed by atoms with Crippen molar-refractivity contribution in [3.63, 3.8) is 0 Å². The highest BCUT2D eigenvalue weighted by Gasteiger charge is 2.35. The Kier molecular flexibility index (Phi) is 6.62. The second kappa shape index (κ2) is 9.44. The van der Waals surface area contributed by atoms with Crippen molar-refractivity contribution in [2.24, 2.45) is 0 Å². The summed E-state index contributed by atoms with van der Waals surface area (Å²) in [6, 6.07) is 10.1. The Morgan fingerprint density at radius 1 is 1.24 bits per heavy atom. The average Bonchev–Trinajstić information content (AvgIpc) is 2.76. The van der Waals surface area contributed by atoms with E-state index in [1.165, 1.54) is 17.5 Å². The summed E-state index contributed by atoms with van der Waals surface area (Å²) in [6.45, 7) is 8.57. The van der Waals surface area contributed by atoms with Gasteiger partial charge in [-0.3, -0.25) is 14.5 Å². The first-order valence-electron chi connectivity index (χ1n) is 11.4. The normalized spacial score (nSPS) is 18.7. The number of nitrogens with zero attached hydrogens (tertiary/aromatic N) is 4. The van der Waals surface area contributed by atoms with Crippen LogP contribution in [0.2, 0.25) is 0 Å². The number of aromatic nitrogens is 2. The number of carbonyl (C=O) groups is 2. The maximum atomic E-state index is 12.6. The van der Waals surface area contributed by atoms with Crippen LogP contribution >= 0.6 is 0 Å². The van der Waals surface area contributed by atoms with Crippen LogP contribution in [0.4, 0.5) is 5.82 Å². The maximum Gasteiger partial charge on any atom is 0.270 e. The van der Waals surface area contributed by atoms with Gasteiger partial charge in [0, 0.05) is 51.3 Å². The number of carbonyl (C=O) groups excluding carboxylic acids is 2. The maximum absolute atomic E-state index is 12.6. The zero-order chi connectivity index (χ0) is 23.6. The number of nitrogens with one attached hydrogen (secondary N) is 2. The van der Waals surface area contributed by atoms with Gasteiger partial charge in [-0.15, -0.1) is 0 Å². The van der Waals surface area contributed by atoms with E-state index in [0.717, 1.165) is 13.0 Å². The molecule has 9 nitrogen and oxygen atoms in total. The van der Waals surface area contributed by atoms with Crippen molar-refractivity contribution in [2.75, 3.05) is 38.0 Å². The lowest BCUT2D eigenvalue weighted by molar-refractivity contribution is -0.132. The van der Waals surface area contributed by atoms with E-state index in [9.17, 15) is 14.7 Å². The predicted molar refractivity (Wildman–Crippen MR) is 125 cm³/mol. The Labute approximate surface area is 194 Å².